The highest BCUT2D eigenvalue weighted by molar-refractivity contribution is 5.92. The van der Waals surface area contributed by atoms with Crippen molar-refractivity contribution in [1.29, 1.82) is 0 Å². The van der Waals surface area contributed by atoms with Gasteiger partial charge in [0.2, 0.25) is 11.8 Å². The minimum Gasteiger partial charge on any atom is -0.493 e. The monoisotopic (exact) mass is 468 g/mol. The molecule has 2 aliphatic rings. The van der Waals surface area contributed by atoms with Gasteiger partial charge in [0, 0.05) is 44.2 Å². The summed E-state index contributed by atoms with van der Waals surface area (Å²) in [6.07, 6.45) is 8.98. The fourth-order valence-corrected chi connectivity index (χ4v) is 4.62. The summed E-state index contributed by atoms with van der Waals surface area (Å²) in [7, 11) is 1.63. The van der Waals surface area contributed by atoms with Crippen LogP contribution in [0.15, 0.2) is 30.6 Å². The molecular weight excluding hydrogens is 436 g/mol. The number of likely N-dealkylation sites (tertiary alicyclic amines) is 1. The molecule has 4 rings (SSSR count). The summed E-state index contributed by atoms with van der Waals surface area (Å²) in [6.45, 7) is 0.874. The maximum absolute atomic E-state index is 12.6. The van der Waals surface area contributed by atoms with Gasteiger partial charge in [-0.05, 0) is 49.8 Å². The van der Waals surface area contributed by atoms with Gasteiger partial charge in [0.05, 0.1) is 19.8 Å². The van der Waals surface area contributed by atoms with Crippen LogP contribution in [0.5, 0.6) is 11.5 Å². The molecule has 34 heavy (non-hydrogen) atoms. The quantitative estimate of drug-likeness (QED) is 0.387. The topological polar surface area (TPSA) is 114 Å². The molecule has 1 aliphatic carbocycles. The largest absolute Gasteiger partial charge is 0.493 e. The molecule has 2 amide bonds. The standard InChI is InChI=1S/C25H32N4O5/c1-33-21-9-8-17(13-22(21)34-19-5-2-3-6-19)18-14-24(32)29(15-18)16-23(31)26-10-4-7-20(30)25-27-11-12-28-25/h8-9,11-13,18-19H,2-7,10,14-16H2,1H3,(H,26,31)(H,27,28). The van der Waals surface area contributed by atoms with E-state index in [1.54, 1.807) is 18.2 Å². The molecule has 1 atom stereocenters. The molecule has 1 aliphatic heterocycles. The second-order valence-corrected chi connectivity index (χ2v) is 8.92. The van der Waals surface area contributed by atoms with Crippen LogP contribution in [0.25, 0.3) is 0 Å². The van der Waals surface area contributed by atoms with E-state index >= 15 is 0 Å². The normalized spacial score (nSPS) is 18.3. The van der Waals surface area contributed by atoms with Crippen LogP contribution < -0.4 is 14.8 Å². The summed E-state index contributed by atoms with van der Waals surface area (Å²) in [5.74, 6) is 1.40. The first-order chi connectivity index (χ1) is 16.5. The molecule has 1 aromatic heterocycles. The number of carbonyl (C=O) groups excluding carboxylic acids is 3. The van der Waals surface area contributed by atoms with Crippen molar-refractivity contribution >= 4 is 17.6 Å². The summed E-state index contributed by atoms with van der Waals surface area (Å²) in [5.41, 5.74) is 1.02. The van der Waals surface area contributed by atoms with Gasteiger partial charge in [-0.25, -0.2) is 4.98 Å². The third-order valence-electron chi connectivity index (χ3n) is 6.47. The van der Waals surface area contributed by atoms with Gasteiger partial charge in [0.25, 0.3) is 0 Å². The number of methoxy groups -OCH3 is 1. The van der Waals surface area contributed by atoms with Crippen molar-refractivity contribution in [2.24, 2.45) is 0 Å². The molecule has 0 radical (unpaired) electrons. The molecule has 1 unspecified atom stereocenters. The Bertz CT molecular complexity index is 1000. The number of imidazole rings is 1. The minimum atomic E-state index is -0.223. The maximum atomic E-state index is 12.6. The highest BCUT2D eigenvalue weighted by atomic mass is 16.5. The van der Waals surface area contributed by atoms with Crippen molar-refractivity contribution < 1.29 is 23.9 Å². The average Bonchev–Trinajstić information content (AvgIpc) is 3.60. The van der Waals surface area contributed by atoms with E-state index in [2.05, 4.69) is 15.3 Å². The van der Waals surface area contributed by atoms with E-state index in [1.807, 2.05) is 18.2 Å². The number of aromatic amines is 1. The number of ether oxygens (including phenoxy) is 2. The molecule has 2 N–H and O–H groups in total. The minimum absolute atomic E-state index is 0.00283. The Kier molecular flexibility index (Phi) is 7.82. The first-order valence-electron chi connectivity index (χ1n) is 11.9. The van der Waals surface area contributed by atoms with Crippen molar-refractivity contribution in [3.63, 3.8) is 0 Å². The summed E-state index contributed by atoms with van der Waals surface area (Å²) in [6, 6.07) is 5.84. The van der Waals surface area contributed by atoms with E-state index in [1.165, 1.54) is 19.0 Å². The fraction of sp³-hybridized carbons (Fsp3) is 0.520. The van der Waals surface area contributed by atoms with Crippen LogP contribution in [0.2, 0.25) is 0 Å². The van der Waals surface area contributed by atoms with Gasteiger partial charge < -0.3 is 24.7 Å². The lowest BCUT2D eigenvalue weighted by Crippen LogP contribution is -2.38. The lowest BCUT2D eigenvalue weighted by atomic mass is 9.98. The zero-order chi connectivity index (χ0) is 23.9. The molecular formula is C25H32N4O5. The van der Waals surface area contributed by atoms with Crippen LogP contribution in [0, 0.1) is 0 Å². The molecule has 9 heteroatoms. The lowest BCUT2D eigenvalue weighted by molar-refractivity contribution is -0.133. The summed E-state index contributed by atoms with van der Waals surface area (Å²) < 4.78 is 11.7. The second-order valence-electron chi connectivity index (χ2n) is 8.92. The number of ketones is 1. The van der Waals surface area contributed by atoms with E-state index in [9.17, 15) is 14.4 Å². The molecule has 0 bridgehead atoms. The van der Waals surface area contributed by atoms with E-state index in [0.29, 0.717) is 43.9 Å². The number of hydrogen-bond donors (Lipinski definition) is 2. The predicted molar refractivity (Wildman–Crippen MR) is 125 cm³/mol. The van der Waals surface area contributed by atoms with E-state index in [4.69, 9.17) is 9.47 Å². The van der Waals surface area contributed by atoms with Crippen molar-refractivity contribution in [3.8, 4) is 11.5 Å². The van der Waals surface area contributed by atoms with E-state index in [-0.39, 0.29) is 36.2 Å². The predicted octanol–water partition coefficient (Wildman–Crippen LogP) is 2.83. The van der Waals surface area contributed by atoms with E-state index in [0.717, 1.165) is 24.2 Å². The van der Waals surface area contributed by atoms with Crippen molar-refractivity contribution in [3.05, 3.63) is 42.0 Å². The van der Waals surface area contributed by atoms with Gasteiger partial charge in [-0.15, -0.1) is 0 Å². The number of benzene rings is 1. The van der Waals surface area contributed by atoms with Crippen LogP contribution >= 0.6 is 0 Å². The molecule has 1 saturated carbocycles. The number of nitrogens with one attached hydrogen (secondary N) is 2. The zero-order valence-electron chi connectivity index (χ0n) is 19.5. The smallest absolute Gasteiger partial charge is 0.239 e. The Hall–Kier alpha value is -3.36. The maximum Gasteiger partial charge on any atom is 0.239 e. The van der Waals surface area contributed by atoms with Gasteiger partial charge in [0.1, 0.15) is 0 Å². The Morgan fingerprint density at radius 3 is 2.79 bits per heavy atom. The third-order valence-corrected chi connectivity index (χ3v) is 6.47. The van der Waals surface area contributed by atoms with Crippen LogP contribution in [0.3, 0.4) is 0 Å². The third kappa shape index (κ3) is 5.95. The highest BCUT2D eigenvalue weighted by Gasteiger charge is 2.32. The number of carbonyl (C=O) groups is 3. The Morgan fingerprint density at radius 1 is 1.24 bits per heavy atom. The molecule has 2 heterocycles. The van der Waals surface area contributed by atoms with Crippen molar-refractivity contribution in [2.75, 3.05) is 26.7 Å². The molecule has 0 spiro atoms. The highest BCUT2D eigenvalue weighted by Crippen LogP contribution is 2.36. The van der Waals surface area contributed by atoms with Crippen LogP contribution in [0.1, 0.15) is 67.0 Å². The second kappa shape index (κ2) is 11.2. The summed E-state index contributed by atoms with van der Waals surface area (Å²) in [4.78, 5) is 45.1. The average molecular weight is 469 g/mol. The SMILES string of the molecule is COc1ccc(C2CC(=O)N(CC(=O)NCCCC(=O)c3ncc[nH]3)C2)cc1OC1CCCC1. The number of rotatable bonds is 11. The van der Waals surface area contributed by atoms with Crippen LogP contribution in [-0.4, -0.2) is 65.3 Å². The van der Waals surface area contributed by atoms with Crippen LogP contribution in [-0.2, 0) is 9.59 Å². The number of Topliss-reactive ketones (excluding diaryl/α,β-unsaturated/α-hetero) is 1. The Balaban J connectivity index is 1.26. The molecule has 2 fully saturated rings. The van der Waals surface area contributed by atoms with Gasteiger partial charge in [-0.2, -0.15) is 0 Å². The van der Waals surface area contributed by atoms with E-state index < -0.39 is 0 Å². The van der Waals surface area contributed by atoms with Gasteiger partial charge in [-0.1, -0.05) is 6.07 Å². The Labute approximate surface area is 199 Å². The zero-order valence-corrected chi connectivity index (χ0v) is 19.5. The molecule has 182 valence electrons. The summed E-state index contributed by atoms with van der Waals surface area (Å²) >= 11 is 0. The number of aromatic nitrogens is 2. The van der Waals surface area contributed by atoms with Gasteiger partial charge >= 0.3 is 0 Å². The number of H-pyrrole nitrogens is 1. The number of nitrogens with zero attached hydrogens (tertiary/aromatic N) is 2. The fourth-order valence-electron chi connectivity index (χ4n) is 4.62. The van der Waals surface area contributed by atoms with Gasteiger partial charge in [0.15, 0.2) is 23.1 Å². The Morgan fingerprint density at radius 2 is 2.06 bits per heavy atom. The number of amides is 2. The first kappa shape index (κ1) is 23.8. The summed E-state index contributed by atoms with van der Waals surface area (Å²) in [5, 5.41) is 2.80. The van der Waals surface area contributed by atoms with Crippen LogP contribution in [0.4, 0.5) is 0 Å². The first-order valence-corrected chi connectivity index (χ1v) is 11.9. The molecule has 1 saturated heterocycles. The van der Waals surface area contributed by atoms with Crippen molar-refractivity contribution in [1.82, 2.24) is 20.2 Å². The van der Waals surface area contributed by atoms with Crippen molar-refractivity contribution in [2.45, 2.75) is 57.0 Å². The molecule has 9 nitrogen and oxygen atoms in total. The van der Waals surface area contributed by atoms with Gasteiger partial charge in [-0.3, -0.25) is 14.4 Å². The number of hydrogen-bond acceptors (Lipinski definition) is 6. The molecule has 1 aromatic carbocycles. The molecule has 2 aromatic rings. The lowest BCUT2D eigenvalue weighted by Gasteiger charge is -2.19.